The van der Waals surface area contributed by atoms with E-state index in [1.54, 1.807) is 13.8 Å². The van der Waals surface area contributed by atoms with Crippen LogP contribution >= 0.6 is 70.6 Å². The highest BCUT2D eigenvalue weighted by Gasteiger charge is 2.34. The highest BCUT2D eigenvalue weighted by atomic mass is 32.2. The van der Waals surface area contributed by atoms with Crippen molar-refractivity contribution in [1.29, 1.82) is 0 Å². The van der Waals surface area contributed by atoms with Gasteiger partial charge in [-0.2, -0.15) is 23.5 Å². The Bertz CT molecular complexity index is 645. The van der Waals surface area contributed by atoms with Crippen molar-refractivity contribution in [1.82, 2.24) is 0 Å². The summed E-state index contributed by atoms with van der Waals surface area (Å²) >= 11 is 12.0. The van der Waals surface area contributed by atoms with Crippen molar-refractivity contribution in [2.24, 2.45) is 0 Å². The van der Waals surface area contributed by atoms with Gasteiger partial charge in [0.25, 0.3) is 0 Å². The lowest BCUT2D eigenvalue weighted by molar-refractivity contribution is -0.145. The zero-order valence-electron chi connectivity index (χ0n) is 20.6. The maximum Gasteiger partial charge on any atom is 0.333 e. The molecule has 0 aromatic rings. The fourth-order valence-electron chi connectivity index (χ4n) is 3.31. The molecule has 2 heterocycles. The number of hydrogen-bond acceptors (Lipinski definition) is 10. The first-order valence-corrected chi connectivity index (χ1v) is 18.0. The zero-order chi connectivity index (χ0) is 25.1. The first kappa shape index (κ1) is 30.7. The van der Waals surface area contributed by atoms with E-state index in [4.69, 9.17) is 9.47 Å². The summed E-state index contributed by atoms with van der Waals surface area (Å²) in [6, 6.07) is 0. The Kier molecular flexibility index (Phi) is 14.8. The van der Waals surface area contributed by atoms with Crippen molar-refractivity contribution >= 4 is 82.5 Å². The minimum atomic E-state index is -0.268. The molecule has 0 radical (unpaired) electrons. The number of rotatable bonds is 15. The molecule has 0 bridgehead atoms. The van der Waals surface area contributed by atoms with Gasteiger partial charge in [0.05, 0.1) is 19.7 Å². The summed E-state index contributed by atoms with van der Waals surface area (Å²) in [6.07, 6.45) is 1.66. The van der Waals surface area contributed by atoms with Crippen LogP contribution in [0.15, 0.2) is 24.3 Å². The van der Waals surface area contributed by atoms with Crippen LogP contribution in [0.2, 0.25) is 0 Å². The summed E-state index contributed by atoms with van der Waals surface area (Å²) in [5, 5.41) is 0.758. The summed E-state index contributed by atoms with van der Waals surface area (Å²) < 4.78 is 12.4. The third-order valence-corrected chi connectivity index (χ3v) is 15.2. The normalized spacial score (nSPS) is 26.1. The predicted octanol–water partition coefficient (Wildman–Crippen LogP) is 6.60. The standard InChI is InChI=1S/C24H38O4S6/c1-7-17(27-23(25)15(3)4)19-11-31-21(33-19)13-29-9-10-30-14-22-32-12-20(34-22)18(8-2)28-24(26)16(5)6/h17-22H,3,5,7-14H2,1-2,4,6H3. The Balaban J connectivity index is 1.57. The number of esters is 2. The Morgan fingerprint density at radius 1 is 0.824 bits per heavy atom. The van der Waals surface area contributed by atoms with Gasteiger partial charge in [-0.1, -0.05) is 27.0 Å². The quantitative estimate of drug-likeness (QED) is 0.120. The van der Waals surface area contributed by atoms with Crippen LogP contribution in [0.3, 0.4) is 0 Å². The lowest BCUT2D eigenvalue weighted by Crippen LogP contribution is -2.29. The summed E-state index contributed by atoms with van der Waals surface area (Å²) in [6.45, 7) is 15.0. The summed E-state index contributed by atoms with van der Waals surface area (Å²) in [5.41, 5.74) is 0.944. The lowest BCUT2D eigenvalue weighted by Gasteiger charge is -2.22. The fourth-order valence-corrected chi connectivity index (χ4v) is 13.4. The van der Waals surface area contributed by atoms with Gasteiger partial charge in [-0.05, 0) is 26.7 Å². The van der Waals surface area contributed by atoms with Crippen molar-refractivity contribution in [3.63, 3.8) is 0 Å². The van der Waals surface area contributed by atoms with Gasteiger partial charge in [0, 0.05) is 45.7 Å². The second kappa shape index (κ2) is 16.4. The molecule has 6 atom stereocenters. The molecule has 2 fully saturated rings. The third kappa shape index (κ3) is 10.5. The van der Waals surface area contributed by atoms with Gasteiger partial charge in [0.2, 0.25) is 0 Å². The van der Waals surface area contributed by atoms with Crippen LogP contribution in [-0.4, -0.2) is 78.3 Å². The highest BCUT2D eigenvalue weighted by Crippen LogP contribution is 2.43. The number of thioether (sulfide) groups is 6. The van der Waals surface area contributed by atoms with E-state index in [0.717, 1.165) is 47.4 Å². The second-order valence-electron chi connectivity index (χ2n) is 8.29. The van der Waals surface area contributed by atoms with Gasteiger partial charge in [0.1, 0.15) is 12.2 Å². The molecule has 0 aliphatic carbocycles. The van der Waals surface area contributed by atoms with Gasteiger partial charge in [0.15, 0.2) is 0 Å². The molecule has 0 saturated carbocycles. The molecule has 4 nitrogen and oxygen atoms in total. The minimum absolute atomic E-state index is 0.0193. The number of hydrogen-bond donors (Lipinski definition) is 0. The topological polar surface area (TPSA) is 52.6 Å². The van der Waals surface area contributed by atoms with E-state index in [-0.39, 0.29) is 24.1 Å². The van der Waals surface area contributed by atoms with E-state index in [1.807, 2.05) is 70.6 Å². The average Bonchev–Trinajstić information content (AvgIpc) is 3.47. The monoisotopic (exact) mass is 582 g/mol. The SMILES string of the molecule is C=C(C)C(=O)OC(CC)C1CSC(CSCCSCC2SCC(C(CC)OC(=O)C(=C)C)S2)S1. The molecule has 2 saturated heterocycles. The Hall–Kier alpha value is 0.520. The number of carbonyl (C=O) groups excluding carboxylic acids is 2. The summed E-state index contributed by atoms with van der Waals surface area (Å²) in [5.74, 6) is 6.15. The smallest absolute Gasteiger partial charge is 0.333 e. The molecule has 0 spiro atoms. The molecule has 6 unspecified atom stereocenters. The molecule has 34 heavy (non-hydrogen) atoms. The molecule has 2 rings (SSSR count). The molecular weight excluding hydrogens is 545 g/mol. The maximum atomic E-state index is 11.9. The maximum absolute atomic E-state index is 11.9. The van der Waals surface area contributed by atoms with Crippen LogP contribution in [0.4, 0.5) is 0 Å². The van der Waals surface area contributed by atoms with Gasteiger partial charge in [-0.3, -0.25) is 0 Å². The molecule has 2 aliphatic heterocycles. The van der Waals surface area contributed by atoms with E-state index in [0.29, 0.717) is 30.8 Å². The molecule has 0 N–H and O–H groups in total. The highest BCUT2D eigenvalue weighted by molar-refractivity contribution is 8.22. The van der Waals surface area contributed by atoms with Crippen molar-refractivity contribution in [3.8, 4) is 0 Å². The van der Waals surface area contributed by atoms with Crippen molar-refractivity contribution in [2.45, 2.75) is 72.4 Å². The van der Waals surface area contributed by atoms with E-state index >= 15 is 0 Å². The van der Waals surface area contributed by atoms with E-state index in [2.05, 4.69) is 27.0 Å². The molecule has 0 aromatic carbocycles. The zero-order valence-corrected chi connectivity index (χ0v) is 25.5. The van der Waals surface area contributed by atoms with Crippen LogP contribution < -0.4 is 0 Å². The Labute approximate surface area is 231 Å². The number of carbonyl (C=O) groups is 2. The summed E-state index contributed by atoms with van der Waals surface area (Å²) in [7, 11) is 0. The minimum Gasteiger partial charge on any atom is -0.458 e. The lowest BCUT2D eigenvalue weighted by atomic mass is 10.2. The third-order valence-electron chi connectivity index (χ3n) is 5.27. The first-order valence-electron chi connectivity index (χ1n) is 11.7. The molecule has 2 aliphatic rings. The molecule has 194 valence electrons. The Morgan fingerprint density at radius 3 is 1.53 bits per heavy atom. The molecule has 0 aromatic heterocycles. The molecule has 10 heteroatoms. The van der Waals surface area contributed by atoms with Crippen molar-refractivity contribution in [3.05, 3.63) is 24.3 Å². The van der Waals surface area contributed by atoms with Gasteiger partial charge in [-0.25, -0.2) is 9.59 Å². The van der Waals surface area contributed by atoms with Crippen molar-refractivity contribution in [2.75, 3.05) is 34.5 Å². The van der Waals surface area contributed by atoms with E-state index < -0.39 is 0 Å². The molecular formula is C24H38O4S6. The number of ether oxygens (including phenoxy) is 2. The van der Waals surface area contributed by atoms with Crippen LogP contribution in [0.5, 0.6) is 0 Å². The first-order chi connectivity index (χ1) is 16.2. The Morgan fingerprint density at radius 2 is 1.21 bits per heavy atom. The second-order valence-corrected chi connectivity index (χ2v) is 16.6. The van der Waals surface area contributed by atoms with Crippen LogP contribution in [0.25, 0.3) is 0 Å². The van der Waals surface area contributed by atoms with E-state index in [1.165, 1.54) is 0 Å². The van der Waals surface area contributed by atoms with Gasteiger partial charge >= 0.3 is 11.9 Å². The van der Waals surface area contributed by atoms with Gasteiger partial charge < -0.3 is 9.47 Å². The largest absolute Gasteiger partial charge is 0.458 e. The van der Waals surface area contributed by atoms with Crippen LogP contribution in [-0.2, 0) is 19.1 Å². The fraction of sp³-hybridized carbons (Fsp3) is 0.750. The average molecular weight is 583 g/mol. The predicted molar refractivity (Wildman–Crippen MR) is 160 cm³/mol. The summed E-state index contributed by atoms with van der Waals surface area (Å²) in [4.78, 5) is 23.8. The van der Waals surface area contributed by atoms with Crippen LogP contribution in [0, 0.1) is 0 Å². The molecule has 0 amide bonds. The van der Waals surface area contributed by atoms with Crippen LogP contribution in [0.1, 0.15) is 40.5 Å². The van der Waals surface area contributed by atoms with Gasteiger partial charge in [-0.15, -0.1) is 47.0 Å². The van der Waals surface area contributed by atoms with E-state index in [9.17, 15) is 9.59 Å². The van der Waals surface area contributed by atoms with Crippen molar-refractivity contribution < 1.29 is 19.1 Å².